The summed E-state index contributed by atoms with van der Waals surface area (Å²) in [5.41, 5.74) is 24.8. The van der Waals surface area contributed by atoms with E-state index in [0.29, 0.717) is 0 Å². The minimum atomic E-state index is -3.71. The normalized spacial score (nSPS) is 13.0. The zero-order chi connectivity index (χ0) is 63.1. The molecule has 2 heterocycles. The van der Waals surface area contributed by atoms with Crippen LogP contribution < -0.4 is 79.2 Å². The van der Waals surface area contributed by atoms with E-state index in [2.05, 4.69) is 361 Å². The smallest absolute Gasteiger partial charge is 0.247 e. The Bertz CT molecular complexity index is 4190. The molecule has 0 saturated carbocycles. The predicted octanol–water partition coefficient (Wildman–Crippen LogP) is 11.7. The number of aryl methyl sites for hydroxylation is 6. The third kappa shape index (κ3) is 9.64. The Morgan fingerprint density at radius 3 is 0.824 bits per heavy atom. The van der Waals surface area contributed by atoms with Crippen LogP contribution in [0.4, 0.5) is 17.1 Å². The highest BCUT2D eigenvalue weighted by Gasteiger charge is 2.58. The van der Waals surface area contributed by atoms with Crippen LogP contribution in [-0.4, -0.2) is 29.6 Å². The molecule has 2 aliphatic rings. The highest BCUT2D eigenvalue weighted by atomic mass is 28.3. The molecule has 12 aromatic rings. The van der Waals surface area contributed by atoms with Gasteiger partial charge >= 0.3 is 0 Å². The van der Waals surface area contributed by atoms with E-state index in [-0.39, 0.29) is 24.3 Å². The molecule has 0 unspecified atom stereocenters. The molecule has 0 fully saturated rings. The summed E-state index contributed by atoms with van der Waals surface area (Å²) in [5.74, 6) is 0. The number of nitrogens with zero attached hydrogens (tertiary/aromatic N) is 1. The summed E-state index contributed by atoms with van der Waals surface area (Å²) in [6, 6.07) is 108. The average molecular weight is 1210 g/mol. The molecular formula is C86H81B2NSi2. The monoisotopic (exact) mass is 1210 g/mol. The number of anilines is 3. The lowest BCUT2D eigenvalue weighted by Gasteiger charge is -2.52. The fraction of sp³-hybridized carbons (Fsp3) is 0.163. The topological polar surface area (TPSA) is 3.24 Å². The summed E-state index contributed by atoms with van der Waals surface area (Å²) in [4.78, 5) is 2.85. The lowest BCUT2D eigenvalue weighted by Crippen LogP contribution is -2.86. The summed E-state index contributed by atoms with van der Waals surface area (Å²) in [7, 11) is -7.43. The molecule has 0 saturated heterocycles. The van der Waals surface area contributed by atoms with Crippen LogP contribution in [-0.2, 0) is 10.8 Å². The predicted molar refractivity (Wildman–Crippen MR) is 402 cm³/mol. The van der Waals surface area contributed by atoms with Crippen molar-refractivity contribution in [1.29, 1.82) is 0 Å². The fourth-order valence-corrected chi connectivity index (χ4v) is 27.4. The van der Waals surface area contributed by atoms with Gasteiger partial charge in [-0.2, -0.15) is 0 Å². The van der Waals surface area contributed by atoms with Gasteiger partial charge in [-0.3, -0.25) is 0 Å². The largest absolute Gasteiger partial charge is 0.313 e. The molecule has 0 amide bonds. The molecule has 0 aromatic heterocycles. The highest BCUT2D eigenvalue weighted by Crippen LogP contribution is 2.42. The van der Waals surface area contributed by atoms with Gasteiger partial charge in [0.25, 0.3) is 0 Å². The second-order valence-electron chi connectivity index (χ2n) is 28.2. The molecule has 12 aromatic carbocycles. The Hall–Kier alpha value is -9.00. The second kappa shape index (κ2) is 23.0. The third-order valence-corrected chi connectivity index (χ3v) is 30.1. The van der Waals surface area contributed by atoms with Crippen molar-refractivity contribution in [3.8, 4) is 11.1 Å². The van der Waals surface area contributed by atoms with Crippen molar-refractivity contribution in [3.63, 3.8) is 0 Å². The van der Waals surface area contributed by atoms with E-state index in [1.54, 1.807) is 0 Å². The van der Waals surface area contributed by atoms with Gasteiger partial charge in [0, 0.05) is 17.1 Å². The van der Waals surface area contributed by atoms with Crippen LogP contribution >= 0.6 is 0 Å². The van der Waals surface area contributed by atoms with E-state index in [9.17, 15) is 0 Å². The van der Waals surface area contributed by atoms with Gasteiger partial charge < -0.3 is 4.90 Å². The first-order valence-corrected chi connectivity index (χ1v) is 36.8. The first-order chi connectivity index (χ1) is 43.9. The molecule has 0 bridgehead atoms. The zero-order valence-electron chi connectivity index (χ0n) is 55.1. The molecule has 0 atom stereocenters. The quantitative estimate of drug-likeness (QED) is 0.0922. The number of fused-ring (bicyclic) bond motifs is 4. The Kier molecular flexibility index (Phi) is 15.1. The lowest BCUT2D eigenvalue weighted by atomic mass is 9.29. The first-order valence-electron chi connectivity index (χ1n) is 32.8. The fourth-order valence-electron chi connectivity index (χ4n) is 16.7. The van der Waals surface area contributed by atoms with Gasteiger partial charge in [-0.1, -0.05) is 347 Å². The molecule has 2 aliphatic heterocycles. The molecule has 0 spiro atoms. The van der Waals surface area contributed by atoms with E-state index in [1.165, 1.54) is 147 Å². The van der Waals surface area contributed by atoms with Gasteiger partial charge in [-0.05, 0) is 150 Å². The number of benzene rings is 12. The standard InChI is InChI=1S/C86H81B2NSi2/c1-58-52-60(3)78(61(4)53-58)87-73-56-65(85(7,8)9)48-50-75(73)89-76-51-49-66(86(10,11)12)57-74(76)88(79-62(5)54-59(2)55-63(79)6)81-82(89)80(87)83(90(67-36-22-14-23-37-67,68-38-24-15-25-39-68)69-40-26-16-27-41-69)77(64-34-20-13-21-35-64)84(81)91(70-42-28-17-29-43-70,71-44-30-18-31-45-71)72-46-32-19-33-47-72/h13-57H,1-12H3. The van der Waals surface area contributed by atoms with Crippen molar-refractivity contribution in [2.45, 2.75) is 93.9 Å². The van der Waals surface area contributed by atoms with Crippen LogP contribution in [0.5, 0.6) is 0 Å². The first kappa shape index (κ1) is 59.6. The SMILES string of the molecule is Cc1cc(C)c(B2c3cc(C(C)(C)C)ccc3N3c4ccc(C(C)(C)C)cc4B(c4c(C)cc(C)cc4C)c4c3c2c([Si](c2ccccc2)(c2ccccc2)c2ccccc2)c(-c2ccccc2)c4[Si](c2ccccc2)(c2ccccc2)c2ccccc2)c(C)c1. The lowest BCUT2D eigenvalue weighted by molar-refractivity contribution is 0.590. The number of rotatable bonds is 11. The van der Waals surface area contributed by atoms with E-state index in [0.717, 1.165) is 0 Å². The van der Waals surface area contributed by atoms with Gasteiger partial charge in [0.2, 0.25) is 13.4 Å². The average Bonchev–Trinajstić information content (AvgIpc) is 0.659. The van der Waals surface area contributed by atoms with Crippen LogP contribution in [0.15, 0.2) is 273 Å². The Balaban J connectivity index is 1.42. The molecule has 0 radical (unpaired) electrons. The molecule has 0 N–H and O–H groups in total. The van der Waals surface area contributed by atoms with Crippen LogP contribution in [0.2, 0.25) is 0 Å². The van der Waals surface area contributed by atoms with E-state index < -0.39 is 16.1 Å². The van der Waals surface area contributed by atoms with Gasteiger partial charge in [0.1, 0.15) is 0 Å². The maximum Gasteiger partial charge on any atom is 0.247 e. The molecule has 14 rings (SSSR count). The molecule has 0 aliphatic carbocycles. The highest BCUT2D eigenvalue weighted by molar-refractivity contribution is 7.26. The van der Waals surface area contributed by atoms with Gasteiger partial charge in [0.05, 0.1) is 0 Å². The summed E-state index contributed by atoms with van der Waals surface area (Å²) in [6.07, 6.45) is 0. The Labute approximate surface area is 544 Å². The van der Waals surface area contributed by atoms with Crippen LogP contribution in [0.25, 0.3) is 11.1 Å². The van der Waals surface area contributed by atoms with Crippen molar-refractivity contribution < 1.29 is 0 Å². The van der Waals surface area contributed by atoms with Crippen molar-refractivity contribution >= 4 is 121 Å². The molecule has 444 valence electrons. The minimum absolute atomic E-state index is 0.153. The minimum Gasteiger partial charge on any atom is -0.313 e. The summed E-state index contributed by atoms with van der Waals surface area (Å²) < 4.78 is 0. The van der Waals surface area contributed by atoms with E-state index in [1.807, 2.05) is 0 Å². The van der Waals surface area contributed by atoms with Crippen LogP contribution in [0.1, 0.15) is 86.1 Å². The maximum atomic E-state index is 2.85. The Morgan fingerprint density at radius 1 is 0.297 bits per heavy atom. The number of hydrogen-bond acceptors (Lipinski definition) is 1. The van der Waals surface area contributed by atoms with Gasteiger partial charge in [0.15, 0.2) is 16.1 Å². The zero-order valence-corrected chi connectivity index (χ0v) is 57.1. The third-order valence-electron chi connectivity index (χ3n) is 20.3. The molecule has 5 heteroatoms. The molecule has 91 heavy (non-hydrogen) atoms. The summed E-state index contributed by atoms with van der Waals surface area (Å²) in [6.45, 7) is 28.1. The summed E-state index contributed by atoms with van der Waals surface area (Å²) in [5, 5.41) is 11.0. The summed E-state index contributed by atoms with van der Waals surface area (Å²) >= 11 is 0. The van der Waals surface area contributed by atoms with Crippen molar-refractivity contribution in [3.05, 3.63) is 317 Å². The van der Waals surface area contributed by atoms with Crippen molar-refractivity contribution in [2.75, 3.05) is 4.90 Å². The van der Waals surface area contributed by atoms with Crippen molar-refractivity contribution in [1.82, 2.24) is 0 Å². The van der Waals surface area contributed by atoms with Crippen LogP contribution in [0.3, 0.4) is 0 Å². The van der Waals surface area contributed by atoms with E-state index >= 15 is 0 Å². The maximum absolute atomic E-state index is 3.71. The van der Waals surface area contributed by atoms with Gasteiger partial charge in [-0.25, -0.2) is 0 Å². The van der Waals surface area contributed by atoms with E-state index in [4.69, 9.17) is 0 Å². The molecule has 1 nitrogen and oxygen atoms in total. The Morgan fingerprint density at radius 2 is 0.560 bits per heavy atom. The van der Waals surface area contributed by atoms with Crippen molar-refractivity contribution in [2.24, 2.45) is 0 Å². The van der Waals surface area contributed by atoms with Crippen LogP contribution in [0, 0.1) is 41.5 Å². The molecular weight excluding hydrogens is 1120 g/mol. The second-order valence-corrected chi connectivity index (χ2v) is 35.7. The van der Waals surface area contributed by atoms with Gasteiger partial charge in [-0.15, -0.1) is 0 Å². The number of hydrogen-bond donors (Lipinski definition) is 0.